The van der Waals surface area contributed by atoms with Crippen LogP contribution in [0.5, 0.6) is 5.75 Å². The van der Waals surface area contributed by atoms with Crippen LogP contribution in [0.25, 0.3) is 16.8 Å². The molecule has 2 N–H and O–H groups in total. The summed E-state index contributed by atoms with van der Waals surface area (Å²) in [4.78, 5) is 11.7. The molecule has 1 unspecified atom stereocenters. The maximum atomic E-state index is 6.57. The average molecular weight is 428 g/mol. The van der Waals surface area contributed by atoms with Gasteiger partial charge in [-0.2, -0.15) is 0 Å². The molecular formula is C22H26ClN5O2. The molecular weight excluding hydrogens is 402 g/mol. The maximum absolute atomic E-state index is 6.57. The van der Waals surface area contributed by atoms with E-state index in [0.29, 0.717) is 10.8 Å². The third kappa shape index (κ3) is 2.95. The van der Waals surface area contributed by atoms with E-state index in [-0.39, 0.29) is 17.6 Å². The molecule has 2 atom stereocenters. The molecule has 0 radical (unpaired) electrons. The van der Waals surface area contributed by atoms with Gasteiger partial charge in [-0.05, 0) is 25.8 Å². The van der Waals surface area contributed by atoms with Crippen molar-refractivity contribution in [2.24, 2.45) is 11.1 Å². The van der Waals surface area contributed by atoms with Crippen LogP contribution in [0.4, 0.5) is 5.95 Å². The molecule has 30 heavy (non-hydrogen) atoms. The van der Waals surface area contributed by atoms with Crippen LogP contribution in [0.2, 0.25) is 5.02 Å². The number of nitrogens with two attached hydrogens (primary N) is 1. The van der Waals surface area contributed by atoms with Gasteiger partial charge in [-0.1, -0.05) is 23.7 Å². The molecule has 4 heterocycles. The lowest BCUT2D eigenvalue weighted by atomic mass is 9.73. The summed E-state index contributed by atoms with van der Waals surface area (Å²) in [6.07, 6.45) is 7.73. The number of anilines is 1. The largest absolute Gasteiger partial charge is 0.495 e. The number of rotatable bonds is 3. The number of halogens is 1. The Kier molecular flexibility index (Phi) is 4.84. The van der Waals surface area contributed by atoms with Crippen LogP contribution in [0.3, 0.4) is 0 Å². The van der Waals surface area contributed by atoms with Crippen molar-refractivity contribution in [3.05, 3.63) is 41.8 Å². The minimum absolute atomic E-state index is 0.0814. The molecule has 8 heteroatoms. The van der Waals surface area contributed by atoms with E-state index in [0.717, 1.165) is 55.3 Å². The Balaban J connectivity index is 1.47. The number of aromatic nitrogens is 3. The Morgan fingerprint density at radius 1 is 1.23 bits per heavy atom. The molecule has 0 bridgehead atoms. The molecule has 158 valence electrons. The Bertz CT molecular complexity index is 1080. The number of ether oxygens (including phenoxy) is 2. The van der Waals surface area contributed by atoms with Gasteiger partial charge in [0.05, 0.1) is 24.8 Å². The number of nitrogens with zero attached hydrogens (tertiary/aromatic N) is 4. The van der Waals surface area contributed by atoms with Gasteiger partial charge in [-0.3, -0.25) is 4.40 Å². The fourth-order valence-corrected chi connectivity index (χ4v) is 5.14. The molecule has 3 aromatic rings. The van der Waals surface area contributed by atoms with E-state index >= 15 is 0 Å². The van der Waals surface area contributed by atoms with Crippen LogP contribution in [0, 0.1) is 5.41 Å². The first kappa shape index (κ1) is 19.6. The smallest absolute Gasteiger partial charge is 0.211 e. The van der Waals surface area contributed by atoms with Crippen molar-refractivity contribution < 1.29 is 9.47 Å². The van der Waals surface area contributed by atoms with Gasteiger partial charge < -0.3 is 20.1 Å². The van der Waals surface area contributed by atoms with Gasteiger partial charge in [-0.25, -0.2) is 9.97 Å². The van der Waals surface area contributed by atoms with E-state index in [2.05, 4.69) is 16.8 Å². The molecule has 1 spiro atoms. The van der Waals surface area contributed by atoms with Crippen molar-refractivity contribution in [1.29, 1.82) is 0 Å². The lowest BCUT2D eigenvalue weighted by molar-refractivity contribution is 0.0973. The van der Waals surface area contributed by atoms with Crippen LogP contribution in [0.15, 0.2) is 36.8 Å². The first-order valence-corrected chi connectivity index (χ1v) is 10.7. The Labute approximate surface area is 180 Å². The van der Waals surface area contributed by atoms with Gasteiger partial charge in [0.1, 0.15) is 11.4 Å². The number of piperidine rings is 1. The van der Waals surface area contributed by atoms with Gasteiger partial charge >= 0.3 is 0 Å². The van der Waals surface area contributed by atoms with Crippen molar-refractivity contribution in [2.75, 3.05) is 31.7 Å². The second kappa shape index (κ2) is 7.41. The van der Waals surface area contributed by atoms with Crippen LogP contribution in [-0.4, -0.2) is 53.3 Å². The van der Waals surface area contributed by atoms with E-state index in [1.807, 2.05) is 35.0 Å². The molecule has 2 aliphatic heterocycles. The topological polar surface area (TPSA) is 77.9 Å². The molecule has 2 aliphatic rings. The third-order valence-corrected chi connectivity index (χ3v) is 7.16. The number of methoxy groups -OCH3 is 1. The van der Waals surface area contributed by atoms with Crippen LogP contribution in [-0.2, 0) is 4.74 Å². The first-order chi connectivity index (χ1) is 14.5. The second-order valence-electron chi connectivity index (χ2n) is 8.31. The lowest BCUT2D eigenvalue weighted by Gasteiger charge is -2.41. The minimum Gasteiger partial charge on any atom is -0.495 e. The monoisotopic (exact) mass is 427 g/mol. The van der Waals surface area contributed by atoms with Gasteiger partial charge in [0, 0.05) is 54.3 Å². The highest BCUT2D eigenvalue weighted by Gasteiger charge is 2.47. The maximum Gasteiger partial charge on any atom is 0.211 e. The summed E-state index contributed by atoms with van der Waals surface area (Å²) in [7, 11) is 1.61. The number of benzene rings is 1. The zero-order valence-electron chi connectivity index (χ0n) is 17.2. The fourth-order valence-electron chi connectivity index (χ4n) is 4.83. The number of fused-ring (bicyclic) bond motifs is 1. The van der Waals surface area contributed by atoms with Crippen LogP contribution in [0.1, 0.15) is 19.8 Å². The van der Waals surface area contributed by atoms with Gasteiger partial charge in [0.25, 0.3) is 0 Å². The zero-order valence-corrected chi connectivity index (χ0v) is 18.0. The Morgan fingerprint density at radius 3 is 2.73 bits per heavy atom. The van der Waals surface area contributed by atoms with Crippen molar-refractivity contribution in [3.63, 3.8) is 0 Å². The predicted molar refractivity (Wildman–Crippen MR) is 117 cm³/mol. The van der Waals surface area contributed by atoms with Gasteiger partial charge in [-0.15, -0.1) is 0 Å². The molecule has 0 saturated carbocycles. The number of imidazole rings is 1. The number of hydrogen-bond acceptors (Lipinski definition) is 6. The molecule has 2 fully saturated rings. The summed E-state index contributed by atoms with van der Waals surface area (Å²) in [5.41, 5.74) is 9.11. The summed E-state index contributed by atoms with van der Waals surface area (Å²) in [5, 5.41) is 0.559. The highest BCUT2D eigenvalue weighted by atomic mass is 35.5. The van der Waals surface area contributed by atoms with Gasteiger partial charge in [0.15, 0.2) is 0 Å². The first-order valence-electron chi connectivity index (χ1n) is 10.3. The molecule has 7 nitrogen and oxygen atoms in total. The summed E-state index contributed by atoms with van der Waals surface area (Å²) >= 11 is 6.57. The highest BCUT2D eigenvalue weighted by molar-refractivity contribution is 6.35. The number of hydrogen-bond donors (Lipinski definition) is 1. The lowest BCUT2D eigenvalue weighted by Crippen LogP contribution is -2.51. The third-order valence-electron chi connectivity index (χ3n) is 6.77. The summed E-state index contributed by atoms with van der Waals surface area (Å²) in [6.45, 7) is 4.61. The standard InChI is InChI=1S/C22H26ClN5O2/c1-14-19(24)22(13-30-14)6-9-27(10-7-22)21-26-12-16(20-25-8-11-28(20)21)15-4-3-5-17(29-2)18(15)23/h3-5,8,11-12,14,19H,6-7,9-10,13,24H2,1-2H3/t14-,19?/m0/s1. The summed E-state index contributed by atoms with van der Waals surface area (Å²) in [5.74, 6) is 1.52. The summed E-state index contributed by atoms with van der Waals surface area (Å²) < 4.78 is 13.3. The van der Waals surface area contributed by atoms with E-state index in [1.54, 1.807) is 13.3 Å². The fraction of sp³-hybridized carbons (Fsp3) is 0.455. The quantitative estimate of drug-likeness (QED) is 0.690. The van der Waals surface area contributed by atoms with Crippen molar-refractivity contribution >= 4 is 23.2 Å². The molecule has 2 saturated heterocycles. The van der Waals surface area contributed by atoms with Crippen LogP contribution < -0.4 is 15.4 Å². The van der Waals surface area contributed by atoms with E-state index in [4.69, 9.17) is 31.8 Å². The molecule has 0 aliphatic carbocycles. The second-order valence-corrected chi connectivity index (χ2v) is 8.68. The molecule has 5 rings (SSSR count). The van der Waals surface area contributed by atoms with Crippen molar-refractivity contribution in [1.82, 2.24) is 14.4 Å². The normalized spacial score (nSPS) is 23.4. The zero-order chi connectivity index (χ0) is 20.9. The Morgan fingerprint density at radius 2 is 2.03 bits per heavy atom. The minimum atomic E-state index is 0.0814. The predicted octanol–water partition coefficient (Wildman–Crippen LogP) is 3.39. The Hall–Kier alpha value is -2.35. The van der Waals surface area contributed by atoms with Crippen molar-refractivity contribution in [2.45, 2.75) is 31.9 Å². The molecule has 2 aromatic heterocycles. The molecule has 1 aromatic carbocycles. The van der Waals surface area contributed by atoms with Crippen LogP contribution >= 0.6 is 11.6 Å². The SMILES string of the molecule is COc1cccc(-c2cnc(N3CCC4(CC3)CO[C@@H](C)C4N)n3ccnc23)c1Cl. The van der Waals surface area contributed by atoms with E-state index < -0.39 is 0 Å². The summed E-state index contributed by atoms with van der Waals surface area (Å²) in [6, 6.07) is 5.83. The molecule has 0 amide bonds. The van der Waals surface area contributed by atoms with E-state index in [9.17, 15) is 0 Å². The van der Waals surface area contributed by atoms with Crippen molar-refractivity contribution in [3.8, 4) is 16.9 Å². The van der Waals surface area contributed by atoms with E-state index in [1.165, 1.54) is 0 Å². The van der Waals surface area contributed by atoms with Gasteiger partial charge in [0.2, 0.25) is 5.95 Å². The average Bonchev–Trinajstić information content (AvgIpc) is 3.36. The highest BCUT2D eigenvalue weighted by Crippen LogP contribution is 2.42.